The lowest BCUT2D eigenvalue weighted by Gasteiger charge is -2.09. The molecule has 3 rings (SSSR count). The van der Waals surface area contributed by atoms with E-state index in [1.807, 2.05) is 0 Å². The molecule has 0 aliphatic heterocycles. The lowest BCUT2D eigenvalue weighted by Crippen LogP contribution is -2.03. The third kappa shape index (κ3) is 2.06. The molecule has 0 saturated carbocycles. The van der Waals surface area contributed by atoms with Crippen molar-refractivity contribution in [3.05, 3.63) is 47.8 Å². The standard InChI is InChI=1S/C14H10F3N3O/c1-21-8-2-3-9(16)11(6-8)20-12-5-7(15)4-10(17)13(12)19-14(20)18/h2-6H,1H3,(H2,18,19). The molecule has 3 aromatic rings. The molecule has 0 fully saturated rings. The van der Waals surface area contributed by atoms with E-state index in [1.165, 1.54) is 25.3 Å². The van der Waals surface area contributed by atoms with Crippen molar-refractivity contribution in [1.29, 1.82) is 0 Å². The summed E-state index contributed by atoms with van der Waals surface area (Å²) < 4.78 is 47.3. The molecule has 1 aromatic heterocycles. The molecule has 4 nitrogen and oxygen atoms in total. The van der Waals surface area contributed by atoms with Crippen LogP contribution in [0.25, 0.3) is 16.7 Å². The van der Waals surface area contributed by atoms with E-state index in [0.717, 1.165) is 10.6 Å². The van der Waals surface area contributed by atoms with Crippen LogP contribution in [0, 0.1) is 17.5 Å². The molecule has 0 spiro atoms. The molecule has 0 radical (unpaired) electrons. The number of halogens is 3. The number of aromatic nitrogens is 2. The maximum Gasteiger partial charge on any atom is 0.206 e. The molecule has 21 heavy (non-hydrogen) atoms. The Kier molecular flexibility index (Phi) is 2.97. The lowest BCUT2D eigenvalue weighted by atomic mass is 10.2. The Morgan fingerprint density at radius 2 is 1.86 bits per heavy atom. The molecule has 108 valence electrons. The van der Waals surface area contributed by atoms with Crippen molar-refractivity contribution in [2.24, 2.45) is 0 Å². The minimum Gasteiger partial charge on any atom is -0.497 e. The highest BCUT2D eigenvalue weighted by atomic mass is 19.1. The third-order valence-corrected chi connectivity index (χ3v) is 3.10. The average Bonchev–Trinajstić information content (AvgIpc) is 2.76. The summed E-state index contributed by atoms with van der Waals surface area (Å²) in [5, 5.41) is 0. The highest BCUT2D eigenvalue weighted by molar-refractivity contribution is 5.81. The van der Waals surface area contributed by atoms with Gasteiger partial charge in [-0.2, -0.15) is 0 Å². The van der Waals surface area contributed by atoms with Gasteiger partial charge in [0.1, 0.15) is 22.9 Å². The topological polar surface area (TPSA) is 53.1 Å². The van der Waals surface area contributed by atoms with E-state index >= 15 is 0 Å². The zero-order valence-electron chi connectivity index (χ0n) is 10.9. The van der Waals surface area contributed by atoms with Gasteiger partial charge in [-0.3, -0.25) is 4.57 Å². The first-order chi connectivity index (χ1) is 10.0. The monoisotopic (exact) mass is 293 g/mol. The smallest absolute Gasteiger partial charge is 0.206 e. The molecule has 0 aliphatic carbocycles. The zero-order chi connectivity index (χ0) is 15.1. The van der Waals surface area contributed by atoms with Crippen molar-refractivity contribution in [1.82, 2.24) is 9.55 Å². The number of fused-ring (bicyclic) bond motifs is 1. The first-order valence-corrected chi connectivity index (χ1v) is 5.98. The summed E-state index contributed by atoms with van der Waals surface area (Å²) in [5.41, 5.74) is 5.63. The predicted molar refractivity (Wildman–Crippen MR) is 71.9 cm³/mol. The van der Waals surface area contributed by atoms with Crippen LogP contribution in [0.4, 0.5) is 19.1 Å². The predicted octanol–water partition coefficient (Wildman–Crippen LogP) is 3.03. The van der Waals surface area contributed by atoms with Crippen LogP contribution in [0.1, 0.15) is 0 Å². The van der Waals surface area contributed by atoms with Crippen LogP contribution in [0.3, 0.4) is 0 Å². The number of hydrogen-bond acceptors (Lipinski definition) is 3. The number of rotatable bonds is 2. The molecular weight excluding hydrogens is 283 g/mol. The van der Waals surface area contributed by atoms with Crippen LogP contribution in [-0.2, 0) is 0 Å². The van der Waals surface area contributed by atoms with Crippen LogP contribution < -0.4 is 10.5 Å². The molecule has 0 saturated heterocycles. The normalized spacial score (nSPS) is 11.0. The maximum atomic E-state index is 14.0. The fraction of sp³-hybridized carbons (Fsp3) is 0.0714. The van der Waals surface area contributed by atoms with Gasteiger partial charge in [-0.05, 0) is 12.1 Å². The van der Waals surface area contributed by atoms with Gasteiger partial charge in [0.15, 0.2) is 5.82 Å². The molecule has 0 amide bonds. The van der Waals surface area contributed by atoms with Crippen LogP contribution in [0.15, 0.2) is 30.3 Å². The van der Waals surface area contributed by atoms with Crippen molar-refractivity contribution in [3.63, 3.8) is 0 Å². The zero-order valence-corrected chi connectivity index (χ0v) is 10.9. The van der Waals surface area contributed by atoms with Gasteiger partial charge in [0.05, 0.1) is 18.3 Å². The Balaban J connectivity index is 2.37. The summed E-state index contributed by atoms with van der Waals surface area (Å²) in [6.45, 7) is 0. The minimum absolute atomic E-state index is 0.000602. The van der Waals surface area contributed by atoms with E-state index in [-0.39, 0.29) is 22.7 Å². The second-order valence-corrected chi connectivity index (χ2v) is 4.38. The summed E-state index contributed by atoms with van der Waals surface area (Å²) in [4.78, 5) is 3.82. The van der Waals surface area contributed by atoms with Crippen LogP contribution in [0.2, 0.25) is 0 Å². The third-order valence-electron chi connectivity index (χ3n) is 3.10. The number of methoxy groups -OCH3 is 1. The molecule has 2 N–H and O–H groups in total. The van der Waals surface area contributed by atoms with Crippen molar-refractivity contribution in [2.75, 3.05) is 12.8 Å². The van der Waals surface area contributed by atoms with Gasteiger partial charge >= 0.3 is 0 Å². The lowest BCUT2D eigenvalue weighted by molar-refractivity contribution is 0.413. The number of nitrogen functional groups attached to an aromatic ring is 1. The fourth-order valence-corrected chi connectivity index (χ4v) is 2.17. The number of nitrogens with zero attached hydrogens (tertiary/aromatic N) is 2. The Hall–Kier alpha value is -2.70. The van der Waals surface area contributed by atoms with E-state index in [0.29, 0.717) is 11.8 Å². The summed E-state index contributed by atoms with van der Waals surface area (Å²) in [6.07, 6.45) is 0. The first kappa shape index (κ1) is 13.3. The Labute approximate surface area is 117 Å². The SMILES string of the molecule is COc1ccc(F)c(-n2c(N)nc3c(F)cc(F)cc32)c1. The van der Waals surface area contributed by atoms with E-state index in [2.05, 4.69) is 4.98 Å². The van der Waals surface area contributed by atoms with Gasteiger partial charge in [-0.25, -0.2) is 18.2 Å². The van der Waals surface area contributed by atoms with E-state index < -0.39 is 17.5 Å². The molecule has 1 heterocycles. The number of benzene rings is 2. The summed E-state index contributed by atoms with van der Waals surface area (Å²) in [6, 6.07) is 5.71. The van der Waals surface area contributed by atoms with Gasteiger partial charge in [-0.15, -0.1) is 0 Å². The molecule has 0 bridgehead atoms. The minimum atomic E-state index is -0.862. The first-order valence-electron chi connectivity index (χ1n) is 5.98. The van der Waals surface area contributed by atoms with Gasteiger partial charge in [0.2, 0.25) is 5.95 Å². The molecular formula is C14H10F3N3O. The van der Waals surface area contributed by atoms with Crippen molar-refractivity contribution in [2.45, 2.75) is 0 Å². The number of anilines is 1. The van der Waals surface area contributed by atoms with Crippen molar-refractivity contribution >= 4 is 17.0 Å². The van der Waals surface area contributed by atoms with Crippen LogP contribution in [0.5, 0.6) is 5.75 Å². The van der Waals surface area contributed by atoms with Crippen molar-refractivity contribution in [3.8, 4) is 11.4 Å². The van der Waals surface area contributed by atoms with Crippen molar-refractivity contribution < 1.29 is 17.9 Å². The number of ether oxygens (including phenoxy) is 1. The summed E-state index contributed by atoms with van der Waals surface area (Å²) in [7, 11) is 1.42. The molecule has 7 heteroatoms. The maximum absolute atomic E-state index is 14.0. The average molecular weight is 293 g/mol. The molecule has 0 atom stereocenters. The Morgan fingerprint density at radius 3 is 2.57 bits per heavy atom. The van der Waals surface area contributed by atoms with Gasteiger partial charge in [0, 0.05) is 18.2 Å². The highest BCUT2D eigenvalue weighted by Crippen LogP contribution is 2.29. The molecule has 2 aromatic carbocycles. The second kappa shape index (κ2) is 4.69. The summed E-state index contributed by atoms with van der Waals surface area (Å²) >= 11 is 0. The largest absolute Gasteiger partial charge is 0.497 e. The van der Waals surface area contributed by atoms with E-state index in [4.69, 9.17) is 10.5 Å². The van der Waals surface area contributed by atoms with Gasteiger partial charge in [-0.1, -0.05) is 0 Å². The quantitative estimate of drug-likeness (QED) is 0.790. The molecule has 0 aliphatic rings. The molecule has 0 unspecified atom stereocenters. The van der Waals surface area contributed by atoms with E-state index in [9.17, 15) is 13.2 Å². The van der Waals surface area contributed by atoms with E-state index in [1.54, 1.807) is 0 Å². The number of hydrogen-bond donors (Lipinski definition) is 1. The second-order valence-electron chi connectivity index (χ2n) is 4.38. The van der Waals surface area contributed by atoms with Gasteiger partial charge < -0.3 is 10.5 Å². The fourth-order valence-electron chi connectivity index (χ4n) is 2.17. The number of nitrogens with two attached hydrogens (primary N) is 1. The Morgan fingerprint density at radius 1 is 1.10 bits per heavy atom. The van der Waals surface area contributed by atoms with Crippen LogP contribution >= 0.6 is 0 Å². The number of imidazole rings is 1. The highest BCUT2D eigenvalue weighted by Gasteiger charge is 2.18. The van der Waals surface area contributed by atoms with Gasteiger partial charge in [0.25, 0.3) is 0 Å². The van der Waals surface area contributed by atoms with Crippen LogP contribution in [-0.4, -0.2) is 16.7 Å². The summed E-state index contributed by atoms with van der Waals surface area (Å²) in [5.74, 6) is -2.05. The Bertz CT molecular complexity index is 845.